The third-order valence-electron chi connectivity index (χ3n) is 23.4. The van der Waals surface area contributed by atoms with Crippen molar-refractivity contribution in [1.29, 1.82) is 0 Å². The van der Waals surface area contributed by atoms with Crippen molar-refractivity contribution in [3.05, 3.63) is 265 Å². The zero-order valence-corrected chi connectivity index (χ0v) is 68.8. The molecule has 2 fully saturated rings. The lowest BCUT2D eigenvalue weighted by molar-refractivity contribution is 0.308. The first kappa shape index (κ1) is 78.8. The summed E-state index contributed by atoms with van der Waals surface area (Å²) in [5.74, 6) is 16.8. The Hall–Kier alpha value is -10.3. The summed E-state index contributed by atoms with van der Waals surface area (Å²) in [7, 11) is 15.1. The van der Waals surface area contributed by atoms with Crippen LogP contribution in [-0.2, 0) is 0 Å². The van der Waals surface area contributed by atoms with Crippen molar-refractivity contribution in [2.24, 2.45) is 17.8 Å². The van der Waals surface area contributed by atoms with Crippen LogP contribution in [-0.4, -0.2) is 56.6 Å². The molecule has 7 aliphatic rings. The molecule has 17 rings (SSSR count). The van der Waals surface area contributed by atoms with Crippen molar-refractivity contribution in [3.63, 3.8) is 0 Å². The van der Waals surface area contributed by atoms with Gasteiger partial charge >= 0.3 is 0 Å². The number of fused-ring (bicyclic) bond motifs is 10. The molecule has 0 spiro atoms. The van der Waals surface area contributed by atoms with E-state index >= 15 is 0 Å². The second kappa shape index (κ2) is 35.4. The smallest absolute Gasteiger partial charge is 0.138 e. The number of nitrogens with zero attached hydrogens (tertiary/aromatic N) is 2. The monoisotopic (exact) mass is 1490 g/mol. The molecular formula is C100H116N2O9. The van der Waals surface area contributed by atoms with Crippen LogP contribution in [0.1, 0.15) is 226 Å². The Morgan fingerprint density at radius 3 is 1.13 bits per heavy atom. The standard InChI is InChI=1S/C22H28N2O.C21H24O2.C21H26O2.C18H20O2.C18H18O2/c1-23(2)16-9-11-18-20(13-16)25-21-14-17(24(3)4)10-12-19(21)22(18)15-7-5-6-8-15;1-14-8-10-17-19(12-14)23-20-13-16(22-2)9-11-18(20)21(17)15-6-4-3-5-7-15;1-4-5-6-7-8-17-18-11-9-15(2)13-20(18)23-21-14-16(22-3)10-12-19(17)21;2*1-11(2)18-14-7-5-12(3)9-16(14)20-17-10-13(19-4)6-8-15(17)18/h9-15,22H,5-8H2,1-4H3;8-13,15,21H,3-7H2,1-2H3;9-14,17H,4-8H2,1-3H3;5-11,18H,1-4H3;5-10H,1-4H3. The SMILES string of the molecule is CCCCCCC1c2ccc(C)cc2Oc2cc(OC)ccc21.CN(C)c1ccc2c(c1)Oc1cc(N(C)C)ccc1C2C1CCCC1.COc1ccc2c(c1)Oc1cc(C)ccc1C2=C(C)C.COc1ccc2c(c1)Oc1cc(C)ccc1C2C(C)C.COc1ccc2c(c1)Oc1cc(C)ccc1C2C1CCCCC1. The van der Waals surface area contributed by atoms with E-state index < -0.39 is 0 Å². The molecule has 0 bridgehead atoms. The van der Waals surface area contributed by atoms with Crippen LogP contribution in [0.5, 0.6) is 80.5 Å². The van der Waals surface area contributed by atoms with Crippen LogP contribution >= 0.6 is 0 Å². The summed E-state index contributed by atoms with van der Waals surface area (Å²) < 4.78 is 52.3. The lowest BCUT2D eigenvalue weighted by Crippen LogP contribution is -2.21. The number of allylic oxidation sites excluding steroid dienone is 1. The molecule has 5 aliphatic heterocycles. The minimum absolute atomic E-state index is 0.375. The summed E-state index contributed by atoms with van der Waals surface area (Å²) in [6.45, 7) is 19.5. The predicted octanol–water partition coefficient (Wildman–Crippen LogP) is 27.1. The van der Waals surface area contributed by atoms with E-state index in [1.54, 1.807) is 28.4 Å². The summed E-state index contributed by atoms with van der Waals surface area (Å²) in [5.41, 5.74) is 22.7. The van der Waals surface area contributed by atoms with Gasteiger partial charge in [-0.1, -0.05) is 163 Å². The number of ether oxygens (including phenoxy) is 9. The number of anilines is 2. The maximum atomic E-state index is 6.40. The van der Waals surface area contributed by atoms with Crippen LogP contribution < -0.4 is 52.4 Å². The minimum Gasteiger partial charge on any atom is -0.497 e. The van der Waals surface area contributed by atoms with Crippen molar-refractivity contribution >= 4 is 16.9 Å². The van der Waals surface area contributed by atoms with E-state index in [0.717, 1.165) is 103 Å². The number of hydrogen-bond acceptors (Lipinski definition) is 11. The fourth-order valence-corrected chi connectivity index (χ4v) is 17.6. The number of unbranched alkanes of at least 4 members (excludes halogenated alkanes) is 3. The van der Waals surface area contributed by atoms with Crippen LogP contribution in [0.4, 0.5) is 11.4 Å². The van der Waals surface area contributed by atoms with Gasteiger partial charge in [0, 0.05) is 155 Å². The molecular weight excluding hydrogens is 1370 g/mol. The Morgan fingerprint density at radius 1 is 0.360 bits per heavy atom. The van der Waals surface area contributed by atoms with E-state index in [4.69, 9.17) is 42.6 Å². The predicted molar refractivity (Wildman–Crippen MR) is 455 cm³/mol. The summed E-state index contributed by atoms with van der Waals surface area (Å²) in [6.07, 6.45) is 18.5. The van der Waals surface area contributed by atoms with Gasteiger partial charge in [0.05, 0.1) is 28.4 Å². The molecule has 10 aromatic carbocycles. The van der Waals surface area contributed by atoms with E-state index in [1.165, 1.54) is 179 Å². The summed E-state index contributed by atoms with van der Waals surface area (Å²) in [5, 5.41) is 0. The quantitative estimate of drug-likeness (QED) is 0.0975. The topological polar surface area (TPSA) is 89.6 Å². The van der Waals surface area contributed by atoms with Gasteiger partial charge in [0.25, 0.3) is 0 Å². The van der Waals surface area contributed by atoms with Gasteiger partial charge in [-0.15, -0.1) is 0 Å². The minimum atomic E-state index is 0.375. The molecule has 0 amide bonds. The Labute approximate surface area is 661 Å². The third kappa shape index (κ3) is 17.6. The fraction of sp³-hybridized carbons (Fsp3) is 0.380. The molecule has 2 aliphatic carbocycles. The largest absolute Gasteiger partial charge is 0.497 e. The molecule has 3 unspecified atom stereocenters. The number of rotatable bonds is 14. The van der Waals surface area contributed by atoms with Crippen LogP contribution in [0, 0.1) is 45.4 Å². The van der Waals surface area contributed by atoms with Gasteiger partial charge in [-0.25, -0.2) is 0 Å². The van der Waals surface area contributed by atoms with Crippen LogP contribution in [0.15, 0.2) is 188 Å². The maximum Gasteiger partial charge on any atom is 0.138 e. The first-order valence-electron chi connectivity index (χ1n) is 40.6. The van der Waals surface area contributed by atoms with E-state index in [2.05, 4.69) is 240 Å². The molecule has 2 saturated carbocycles. The Morgan fingerprint density at radius 2 is 0.676 bits per heavy atom. The van der Waals surface area contributed by atoms with Crippen molar-refractivity contribution < 1.29 is 42.6 Å². The van der Waals surface area contributed by atoms with Gasteiger partial charge in [0.2, 0.25) is 0 Å². The molecule has 5 heterocycles. The van der Waals surface area contributed by atoms with Gasteiger partial charge in [-0.2, -0.15) is 0 Å². The summed E-state index contributed by atoms with van der Waals surface area (Å²) in [4.78, 5) is 4.28. The average Bonchev–Trinajstić information content (AvgIpc) is 1.68. The highest BCUT2D eigenvalue weighted by Gasteiger charge is 2.38. The molecule has 3 atom stereocenters. The summed E-state index contributed by atoms with van der Waals surface area (Å²) >= 11 is 0. The summed E-state index contributed by atoms with van der Waals surface area (Å²) in [6, 6.07) is 64.1. The van der Waals surface area contributed by atoms with Gasteiger partial charge in [0.1, 0.15) is 80.5 Å². The lowest BCUT2D eigenvalue weighted by Gasteiger charge is -2.36. The van der Waals surface area contributed by atoms with E-state index in [0.29, 0.717) is 29.6 Å². The van der Waals surface area contributed by atoms with Gasteiger partial charge in [-0.05, 0) is 186 Å². The molecule has 0 aromatic heterocycles. The molecule has 11 nitrogen and oxygen atoms in total. The molecule has 10 aromatic rings. The van der Waals surface area contributed by atoms with E-state index in [9.17, 15) is 0 Å². The first-order valence-corrected chi connectivity index (χ1v) is 40.6. The lowest BCUT2D eigenvalue weighted by atomic mass is 9.72. The molecule has 111 heavy (non-hydrogen) atoms. The molecule has 0 saturated heterocycles. The number of benzene rings is 10. The van der Waals surface area contributed by atoms with E-state index in [-0.39, 0.29) is 0 Å². The number of methoxy groups -OCH3 is 4. The highest BCUT2D eigenvalue weighted by Crippen LogP contribution is 2.56. The fourth-order valence-electron chi connectivity index (χ4n) is 17.6. The number of aryl methyl sites for hydroxylation is 4. The van der Waals surface area contributed by atoms with Gasteiger partial charge < -0.3 is 52.4 Å². The molecule has 11 heteroatoms. The third-order valence-corrected chi connectivity index (χ3v) is 23.4. The van der Waals surface area contributed by atoms with Crippen molar-refractivity contribution in [2.75, 3.05) is 66.4 Å². The zero-order chi connectivity index (χ0) is 78.1. The van der Waals surface area contributed by atoms with Crippen molar-refractivity contribution in [1.82, 2.24) is 0 Å². The highest BCUT2D eigenvalue weighted by atomic mass is 16.5. The van der Waals surface area contributed by atoms with Crippen LogP contribution in [0.2, 0.25) is 0 Å². The van der Waals surface area contributed by atoms with E-state index in [1.807, 2.05) is 42.5 Å². The number of hydrogen-bond donors (Lipinski definition) is 0. The first-order chi connectivity index (χ1) is 53.7. The zero-order valence-electron chi connectivity index (χ0n) is 68.8. The Balaban J connectivity index is 0.000000122. The highest BCUT2D eigenvalue weighted by molar-refractivity contribution is 5.90. The normalized spacial score (nSPS) is 16.4. The van der Waals surface area contributed by atoms with Gasteiger partial charge in [-0.3, -0.25) is 0 Å². The Bertz CT molecular complexity index is 4900. The van der Waals surface area contributed by atoms with Crippen LogP contribution in [0.25, 0.3) is 5.57 Å². The Kier molecular flexibility index (Phi) is 25.1. The average molecular weight is 1490 g/mol. The second-order valence-corrected chi connectivity index (χ2v) is 32.3. The van der Waals surface area contributed by atoms with Crippen molar-refractivity contribution in [3.8, 4) is 80.5 Å². The molecule has 580 valence electrons. The van der Waals surface area contributed by atoms with Gasteiger partial charge in [0.15, 0.2) is 0 Å². The van der Waals surface area contributed by atoms with Crippen molar-refractivity contribution in [2.45, 2.75) is 176 Å². The molecule has 0 N–H and O–H groups in total. The maximum absolute atomic E-state index is 6.40. The molecule has 0 radical (unpaired) electrons. The van der Waals surface area contributed by atoms with Crippen LogP contribution in [0.3, 0.4) is 0 Å². The second-order valence-electron chi connectivity index (χ2n) is 32.3.